The van der Waals surface area contributed by atoms with Crippen LogP contribution in [0.5, 0.6) is 0 Å². The van der Waals surface area contributed by atoms with Crippen LogP contribution in [0.15, 0.2) is 0 Å². The molecule has 15 heavy (non-hydrogen) atoms. The lowest BCUT2D eigenvalue weighted by Gasteiger charge is -2.26. The summed E-state index contributed by atoms with van der Waals surface area (Å²) in [6, 6.07) is 0.380. The molecule has 2 N–H and O–H groups in total. The van der Waals surface area contributed by atoms with E-state index in [9.17, 15) is 0 Å². The lowest BCUT2D eigenvalue weighted by molar-refractivity contribution is 0.00819. The van der Waals surface area contributed by atoms with Gasteiger partial charge in [0.05, 0.1) is 6.10 Å². The van der Waals surface area contributed by atoms with Crippen LogP contribution in [0.1, 0.15) is 58.8 Å². The Morgan fingerprint density at radius 2 is 2.00 bits per heavy atom. The van der Waals surface area contributed by atoms with Crippen LogP contribution in [-0.4, -0.2) is 18.8 Å². The molecule has 2 nitrogen and oxygen atoms in total. The molecule has 2 unspecified atom stereocenters. The fourth-order valence-corrected chi connectivity index (χ4v) is 2.54. The Morgan fingerprint density at radius 1 is 1.27 bits per heavy atom. The summed E-state index contributed by atoms with van der Waals surface area (Å²) in [6.07, 6.45) is 9.05. The minimum atomic E-state index is 0.380. The number of hydrogen-bond donors (Lipinski definition) is 1. The Hall–Kier alpha value is -0.0800. The Kier molecular flexibility index (Phi) is 6.26. The first kappa shape index (κ1) is 13.0. The van der Waals surface area contributed by atoms with Gasteiger partial charge in [-0.1, -0.05) is 26.7 Å². The Labute approximate surface area is 94.6 Å². The van der Waals surface area contributed by atoms with Crippen LogP contribution in [0.4, 0.5) is 0 Å². The van der Waals surface area contributed by atoms with Gasteiger partial charge in [0, 0.05) is 12.6 Å². The average molecular weight is 213 g/mol. The minimum absolute atomic E-state index is 0.380. The maximum atomic E-state index is 6.20. The molecule has 0 aromatic carbocycles. The lowest BCUT2D eigenvalue weighted by Crippen LogP contribution is -2.31. The molecule has 1 saturated heterocycles. The van der Waals surface area contributed by atoms with E-state index in [2.05, 4.69) is 13.8 Å². The molecule has 0 spiro atoms. The van der Waals surface area contributed by atoms with E-state index in [1.54, 1.807) is 0 Å². The van der Waals surface area contributed by atoms with Crippen molar-refractivity contribution in [3.63, 3.8) is 0 Å². The minimum Gasteiger partial charge on any atom is -0.378 e. The van der Waals surface area contributed by atoms with E-state index in [0.717, 1.165) is 19.4 Å². The largest absolute Gasteiger partial charge is 0.378 e. The molecule has 0 amide bonds. The molecule has 0 radical (unpaired) electrons. The molecular weight excluding hydrogens is 186 g/mol. The molecule has 1 fully saturated rings. The van der Waals surface area contributed by atoms with Gasteiger partial charge >= 0.3 is 0 Å². The van der Waals surface area contributed by atoms with E-state index >= 15 is 0 Å². The zero-order valence-corrected chi connectivity index (χ0v) is 10.4. The third-order valence-electron chi connectivity index (χ3n) is 3.75. The highest BCUT2D eigenvalue weighted by Crippen LogP contribution is 2.21. The summed E-state index contributed by atoms with van der Waals surface area (Å²) >= 11 is 0. The number of ether oxygens (including phenoxy) is 1. The van der Waals surface area contributed by atoms with Gasteiger partial charge in [-0.05, 0) is 38.0 Å². The summed E-state index contributed by atoms with van der Waals surface area (Å²) in [5.74, 6) is 0.702. The number of rotatable bonds is 6. The van der Waals surface area contributed by atoms with Crippen molar-refractivity contribution in [3.05, 3.63) is 0 Å². The van der Waals surface area contributed by atoms with Crippen molar-refractivity contribution >= 4 is 0 Å². The zero-order valence-electron chi connectivity index (χ0n) is 10.4. The van der Waals surface area contributed by atoms with Gasteiger partial charge in [0.25, 0.3) is 0 Å². The van der Waals surface area contributed by atoms with Crippen molar-refractivity contribution in [3.8, 4) is 0 Å². The average Bonchev–Trinajstić information content (AvgIpc) is 2.29. The molecule has 1 rings (SSSR count). The summed E-state index contributed by atoms with van der Waals surface area (Å²) in [4.78, 5) is 0. The van der Waals surface area contributed by atoms with Gasteiger partial charge in [-0.15, -0.1) is 0 Å². The third-order valence-corrected chi connectivity index (χ3v) is 3.75. The van der Waals surface area contributed by atoms with Crippen molar-refractivity contribution in [1.82, 2.24) is 0 Å². The molecule has 0 aromatic rings. The topological polar surface area (TPSA) is 35.2 Å². The first-order chi connectivity index (χ1) is 7.27. The summed E-state index contributed by atoms with van der Waals surface area (Å²) in [6.45, 7) is 5.45. The van der Waals surface area contributed by atoms with E-state index < -0.39 is 0 Å². The highest BCUT2D eigenvalue weighted by Gasteiger charge is 2.18. The van der Waals surface area contributed by atoms with Crippen LogP contribution in [-0.2, 0) is 4.74 Å². The molecule has 0 aromatic heterocycles. The van der Waals surface area contributed by atoms with E-state index in [1.807, 2.05) is 0 Å². The number of hydrogen-bond acceptors (Lipinski definition) is 2. The Bertz CT molecular complexity index is 151. The van der Waals surface area contributed by atoms with Gasteiger partial charge in [0.15, 0.2) is 0 Å². The van der Waals surface area contributed by atoms with Gasteiger partial charge in [-0.3, -0.25) is 0 Å². The van der Waals surface area contributed by atoms with Gasteiger partial charge in [-0.2, -0.15) is 0 Å². The standard InChI is InChI=1S/C13H27NO/c1-3-11(4-2)13(14)9-8-12-7-5-6-10-15-12/h11-13H,3-10,14H2,1-2H3. The zero-order chi connectivity index (χ0) is 11.1. The second-order valence-electron chi connectivity index (χ2n) is 4.81. The van der Waals surface area contributed by atoms with Crippen molar-refractivity contribution < 1.29 is 4.74 Å². The molecule has 0 bridgehead atoms. The first-order valence-corrected chi connectivity index (χ1v) is 6.65. The smallest absolute Gasteiger partial charge is 0.0575 e. The third kappa shape index (κ3) is 4.52. The molecular formula is C13H27NO. The normalized spacial score (nSPS) is 24.4. The summed E-state index contributed by atoms with van der Waals surface area (Å²) in [5.41, 5.74) is 6.20. The molecule has 0 saturated carbocycles. The highest BCUT2D eigenvalue weighted by atomic mass is 16.5. The van der Waals surface area contributed by atoms with Crippen LogP contribution in [0.3, 0.4) is 0 Å². The molecule has 2 heteroatoms. The van der Waals surface area contributed by atoms with Crippen LogP contribution in [0, 0.1) is 5.92 Å². The maximum absolute atomic E-state index is 6.20. The summed E-state index contributed by atoms with van der Waals surface area (Å²) in [5, 5.41) is 0. The Balaban J connectivity index is 2.16. The van der Waals surface area contributed by atoms with E-state index in [-0.39, 0.29) is 0 Å². The van der Waals surface area contributed by atoms with E-state index in [0.29, 0.717) is 18.1 Å². The van der Waals surface area contributed by atoms with Gasteiger partial charge < -0.3 is 10.5 Å². The second kappa shape index (κ2) is 7.24. The van der Waals surface area contributed by atoms with Crippen LogP contribution in [0.25, 0.3) is 0 Å². The lowest BCUT2D eigenvalue weighted by atomic mass is 9.90. The number of nitrogens with two attached hydrogens (primary N) is 1. The van der Waals surface area contributed by atoms with Crippen molar-refractivity contribution in [2.75, 3.05) is 6.61 Å². The summed E-state index contributed by atoms with van der Waals surface area (Å²) < 4.78 is 5.72. The fourth-order valence-electron chi connectivity index (χ4n) is 2.54. The maximum Gasteiger partial charge on any atom is 0.0575 e. The van der Waals surface area contributed by atoms with E-state index in [4.69, 9.17) is 10.5 Å². The van der Waals surface area contributed by atoms with Crippen molar-refractivity contribution in [2.24, 2.45) is 11.7 Å². The fraction of sp³-hybridized carbons (Fsp3) is 1.00. The highest BCUT2D eigenvalue weighted by molar-refractivity contribution is 4.73. The first-order valence-electron chi connectivity index (χ1n) is 6.65. The van der Waals surface area contributed by atoms with Crippen LogP contribution in [0.2, 0.25) is 0 Å². The van der Waals surface area contributed by atoms with Crippen molar-refractivity contribution in [1.29, 1.82) is 0 Å². The predicted octanol–water partition coefficient (Wildman–Crippen LogP) is 3.10. The van der Waals surface area contributed by atoms with E-state index in [1.165, 1.54) is 32.1 Å². The predicted molar refractivity (Wildman–Crippen MR) is 64.9 cm³/mol. The molecule has 2 atom stereocenters. The van der Waals surface area contributed by atoms with Gasteiger partial charge in [0.2, 0.25) is 0 Å². The molecule has 0 aliphatic carbocycles. The monoisotopic (exact) mass is 213 g/mol. The SMILES string of the molecule is CCC(CC)C(N)CCC1CCCCO1. The Morgan fingerprint density at radius 3 is 2.53 bits per heavy atom. The van der Waals surface area contributed by atoms with Gasteiger partial charge in [-0.25, -0.2) is 0 Å². The molecule has 1 aliphatic rings. The van der Waals surface area contributed by atoms with Crippen molar-refractivity contribution in [2.45, 2.75) is 70.9 Å². The van der Waals surface area contributed by atoms with Crippen LogP contribution >= 0.6 is 0 Å². The van der Waals surface area contributed by atoms with Crippen LogP contribution < -0.4 is 5.73 Å². The summed E-state index contributed by atoms with van der Waals surface area (Å²) in [7, 11) is 0. The quantitative estimate of drug-likeness (QED) is 0.736. The van der Waals surface area contributed by atoms with Gasteiger partial charge in [0.1, 0.15) is 0 Å². The second-order valence-corrected chi connectivity index (χ2v) is 4.81. The molecule has 1 aliphatic heterocycles. The molecule has 1 heterocycles. The molecule has 90 valence electrons.